The lowest BCUT2D eigenvalue weighted by Gasteiger charge is -2.52. The maximum atomic E-state index is 6.98. The highest BCUT2D eigenvalue weighted by atomic mass is 16.5. The van der Waals surface area contributed by atoms with Crippen molar-refractivity contribution in [3.05, 3.63) is 83.6 Å². The number of nitrogens with one attached hydrogen (secondary N) is 3. The second-order valence-corrected chi connectivity index (χ2v) is 25.6. The number of hydrogen-bond donors (Lipinski definition) is 3. The van der Waals surface area contributed by atoms with Crippen LogP contribution in [0, 0.1) is 22.7 Å². The number of benzene rings is 2. The molecule has 7 nitrogen and oxygen atoms in total. The Morgan fingerprint density at radius 3 is 1.69 bits per heavy atom. The Balaban J connectivity index is 1.14. The zero-order chi connectivity index (χ0) is 45.5. The van der Waals surface area contributed by atoms with Crippen LogP contribution < -0.4 is 30.5 Å². The average molecular weight is 849 g/mol. The molecule has 1 aliphatic carbocycles. The van der Waals surface area contributed by atoms with Gasteiger partial charge in [0.2, 0.25) is 5.88 Å². The van der Waals surface area contributed by atoms with Gasteiger partial charge >= 0.3 is 0 Å². The monoisotopic (exact) mass is 849 g/mol. The maximum Gasteiger partial charge on any atom is 0.213 e. The third-order valence-corrected chi connectivity index (χ3v) is 13.5. The first-order valence-corrected chi connectivity index (χ1v) is 24.2. The summed E-state index contributed by atoms with van der Waals surface area (Å²) in [7, 11) is 0. The van der Waals surface area contributed by atoms with Crippen molar-refractivity contribution in [2.75, 3.05) is 36.0 Å². The highest BCUT2D eigenvalue weighted by molar-refractivity contribution is 5.50. The SMILES string of the molecule is CC(C)(C)Cc1ccc(N2CC[C@H](NC(C)(C)CCC(C)(C)N[C@@H]3C[C@@H](Oc4cc(C(C)(C)C)ccn4)C3C3CN(c4ccc(CC(C)(C)C)cc4)C[C@@H]3NC(C)(C)C)C2)cc1. The predicted molar refractivity (Wildman–Crippen MR) is 265 cm³/mol. The molecule has 6 rings (SSSR count). The molecule has 0 spiro atoms. The quantitative estimate of drug-likeness (QED) is 0.141. The van der Waals surface area contributed by atoms with E-state index in [1.54, 1.807) is 0 Å². The lowest BCUT2D eigenvalue weighted by Crippen LogP contribution is -2.65. The minimum absolute atomic E-state index is 0.00791. The molecule has 1 saturated carbocycles. The molecule has 2 unspecified atom stereocenters. The molecule has 2 aliphatic heterocycles. The molecule has 0 amide bonds. The Morgan fingerprint density at radius 1 is 0.613 bits per heavy atom. The standard InChI is InChI=1S/C55H88N6O/c1-50(2,3)33-38-17-21-42(22-18-38)60-30-26-41(35-60)57-54(13,14)27-28-55(15,16)59-45-32-47(62-48-31-40(25-29-56-48)52(7,8)9)49(45)44-36-61(37-46(44)58-53(10,11)12)43-23-19-39(20-24-43)34-51(4,5)6/h17-25,29,31,41,44-47,49,57-59H,26-28,30,32-37H2,1-16H3/t41-,44?,45+,46-,47+,49?/m0/s1. The summed E-state index contributed by atoms with van der Waals surface area (Å²) >= 11 is 0. The summed E-state index contributed by atoms with van der Waals surface area (Å²) < 4.78 is 6.98. The zero-order valence-electron chi connectivity index (χ0n) is 42.1. The minimum atomic E-state index is -0.0398. The largest absolute Gasteiger partial charge is 0.474 e. The third-order valence-electron chi connectivity index (χ3n) is 13.5. The molecule has 3 N–H and O–H groups in total. The van der Waals surface area contributed by atoms with Crippen LogP contribution in [0.15, 0.2) is 66.9 Å². The Kier molecular flexibility index (Phi) is 14.3. The number of pyridine rings is 1. The fourth-order valence-electron chi connectivity index (χ4n) is 10.5. The normalized spacial score (nSPS) is 24.1. The van der Waals surface area contributed by atoms with Crippen LogP contribution in [0.5, 0.6) is 5.88 Å². The molecule has 3 aliphatic rings. The molecule has 3 heterocycles. The second-order valence-electron chi connectivity index (χ2n) is 25.6. The average Bonchev–Trinajstić information content (AvgIpc) is 3.75. The van der Waals surface area contributed by atoms with E-state index >= 15 is 0 Å². The van der Waals surface area contributed by atoms with Crippen molar-refractivity contribution in [1.29, 1.82) is 0 Å². The summed E-state index contributed by atoms with van der Waals surface area (Å²) in [4.78, 5) is 9.96. The summed E-state index contributed by atoms with van der Waals surface area (Å²) in [6, 6.07) is 24.2. The second kappa shape index (κ2) is 18.4. The van der Waals surface area contributed by atoms with Gasteiger partial charge in [-0.2, -0.15) is 0 Å². The van der Waals surface area contributed by atoms with Crippen molar-refractivity contribution in [2.45, 2.75) is 196 Å². The van der Waals surface area contributed by atoms with E-state index in [4.69, 9.17) is 9.72 Å². The molecule has 0 radical (unpaired) electrons. The van der Waals surface area contributed by atoms with Gasteiger partial charge in [0, 0.05) is 103 Å². The molecule has 2 saturated heterocycles. The lowest BCUT2D eigenvalue weighted by atomic mass is 9.66. The smallest absolute Gasteiger partial charge is 0.213 e. The van der Waals surface area contributed by atoms with Gasteiger partial charge in [-0.05, 0) is 144 Å². The molecule has 3 aromatic rings. The van der Waals surface area contributed by atoms with Gasteiger partial charge in [0.25, 0.3) is 0 Å². The van der Waals surface area contributed by atoms with Crippen LogP contribution in [0.4, 0.5) is 11.4 Å². The highest BCUT2D eigenvalue weighted by Crippen LogP contribution is 2.44. The number of rotatable bonds is 15. The number of aromatic nitrogens is 1. The molecular formula is C55H88N6O. The van der Waals surface area contributed by atoms with E-state index in [1.165, 1.54) is 34.5 Å². The molecule has 0 bridgehead atoms. The van der Waals surface area contributed by atoms with E-state index in [9.17, 15) is 0 Å². The maximum absolute atomic E-state index is 6.98. The number of hydrogen-bond acceptors (Lipinski definition) is 7. The van der Waals surface area contributed by atoms with Crippen molar-refractivity contribution >= 4 is 11.4 Å². The molecule has 3 fully saturated rings. The van der Waals surface area contributed by atoms with Gasteiger partial charge < -0.3 is 30.5 Å². The van der Waals surface area contributed by atoms with Crippen LogP contribution in [-0.2, 0) is 18.3 Å². The molecule has 6 atom stereocenters. The number of anilines is 2. The van der Waals surface area contributed by atoms with Crippen LogP contribution in [0.2, 0.25) is 0 Å². The van der Waals surface area contributed by atoms with Crippen LogP contribution in [0.25, 0.3) is 0 Å². The van der Waals surface area contributed by atoms with Gasteiger partial charge in [-0.15, -0.1) is 0 Å². The molecule has 2 aromatic carbocycles. The molecule has 7 heteroatoms. The fourth-order valence-corrected chi connectivity index (χ4v) is 10.5. The van der Waals surface area contributed by atoms with Crippen LogP contribution in [0.3, 0.4) is 0 Å². The van der Waals surface area contributed by atoms with Crippen molar-refractivity contribution in [1.82, 2.24) is 20.9 Å². The number of ether oxygens (including phenoxy) is 1. The van der Waals surface area contributed by atoms with Crippen molar-refractivity contribution in [2.24, 2.45) is 22.7 Å². The predicted octanol–water partition coefficient (Wildman–Crippen LogP) is 11.4. The Labute approximate surface area is 379 Å². The van der Waals surface area contributed by atoms with Crippen molar-refractivity contribution in [3.63, 3.8) is 0 Å². The molecule has 62 heavy (non-hydrogen) atoms. The summed E-state index contributed by atoms with van der Waals surface area (Å²) in [5.41, 5.74) is 7.35. The molecule has 1 aromatic heterocycles. The van der Waals surface area contributed by atoms with Crippen LogP contribution in [0.1, 0.15) is 153 Å². The Morgan fingerprint density at radius 2 is 1.16 bits per heavy atom. The van der Waals surface area contributed by atoms with E-state index in [0.29, 0.717) is 35.4 Å². The van der Waals surface area contributed by atoms with E-state index in [1.807, 2.05) is 6.20 Å². The summed E-state index contributed by atoms with van der Waals surface area (Å²) in [6.07, 6.45) is 8.55. The van der Waals surface area contributed by atoms with Crippen molar-refractivity contribution in [3.8, 4) is 5.88 Å². The summed E-state index contributed by atoms with van der Waals surface area (Å²) in [5.74, 6) is 1.49. The van der Waals surface area contributed by atoms with Crippen LogP contribution >= 0.6 is 0 Å². The summed E-state index contributed by atoms with van der Waals surface area (Å²) in [5, 5.41) is 12.5. The van der Waals surface area contributed by atoms with Crippen LogP contribution in [-0.4, -0.2) is 72.0 Å². The molecule has 344 valence electrons. The van der Waals surface area contributed by atoms with E-state index < -0.39 is 0 Å². The van der Waals surface area contributed by atoms with Gasteiger partial charge in [-0.3, -0.25) is 0 Å². The van der Waals surface area contributed by atoms with Crippen molar-refractivity contribution < 1.29 is 4.74 Å². The first kappa shape index (κ1) is 48.3. The van der Waals surface area contributed by atoms with E-state index in [0.717, 1.165) is 64.2 Å². The summed E-state index contributed by atoms with van der Waals surface area (Å²) in [6.45, 7) is 41.5. The highest BCUT2D eigenvalue weighted by Gasteiger charge is 2.53. The van der Waals surface area contributed by atoms with Gasteiger partial charge in [0.05, 0.1) is 0 Å². The first-order valence-electron chi connectivity index (χ1n) is 24.2. The van der Waals surface area contributed by atoms with E-state index in [2.05, 4.69) is 197 Å². The first-order chi connectivity index (χ1) is 28.6. The van der Waals surface area contributed by atoms with Gasteiger partial charge in [0.1, 0.15) is 6.10 Å². The van der Waals surface area contributed by atoms with Gasteiger partial charge in [0.15, 0.2) is 0 Å². The van der Waals surface area contributed by atoms with Gasteiger partial charge in [-0.25, -0.2) is 4.98 Å². The number of nitrogens with zero attached hydrogens (tertiary/aromatic N) is 3. The van der Waals surface area contributed by atoms with Gasteiger partial charge in [-0.1, -0.05) is 86.6 Å². The topological polar surface area (TPSA) is 64.7 Å². The molecular weight excluding hydrogens is 761 g/mol. The third kappa shape index (κ3) is 13.7. The Bertz CT molecular complexity index is 1890. The van der Waals surface area contributed by atoms with E-state index in [-0.39, 0.29) is 33.6 Å². The lowest BCUT2D eigenvalue weighted by molar-refractivity contribution is -0.0394. The minimum Gasteiger partial charge on any atom is -0.474 e. The Hall–Kier alpha value is -3.13. The zero-order valence-corrected chi connectivity index (χ0v) is 42.1. The fraction of sp³-hybridized carbons (Fsp3) is 0.691.